The minimum atomic E-state index is 0.345. The Morgan fingerprint density at radius 2 is 2.00 bits per heavy atom. The Labute approximate surface area is 128 Å². The zero-order valence-corrected chi connectivity index (χ0v) is 13.2. The van der Waals surface area contributed by atoms with E-state index in [1.807, 2.05) is 0 Å². The van der Waals surface area contributed by atoms with Crippen molar-refractivity contribution >= 4 is 0 Å². The predicted octanol–water partition coefficient (Wildman–Crippen LogP) is 3.90. The minimum absolute atomic E-state index is 0.345. The number of hydrogen-bond donors (Lipinski definition) is 1. The van der Waals surface area contributed by atoms with Gasteiger partial charge < -0.3 is 14.8 Å². The lowest BCUT2D eigenvalue weighted by Crippen LogP contribution is -2.24. The zero-order chi connectivity index (χ0) is 14.7. The quantitative estimate of drug-likeness (QED) is 0.861. The third-order valence-corrected chi connectivity index (χ3v) is 4.58. The van der Waals surface area contributed by atoms with E-state index in [2.05, 4.69) is 30.4 Å². The van der Waals surface area contributed by atoms with Gasteiger partial charge in [0.15, 0.2) is 11.5 Å². The minimum Gasteiger partial charge on any atom is -0.493 e. The number of benzene rings is 1. The molecule has 2 saturated carbocycles. The highest BCUT2D eigenvalue weighted by atomic mass is 16.5. The van der Waals surface area contributed by atoms with Gasteiger partial charge in [-0.05, 0) is 55.7 Å². The van der Waals surface area contributed by atoms with Crippen LogP contribution < -0.4 is 14.8 Å². The van der Waals surface area contributed by atoms with Crippen LogP contribution in [0, 0.1) is 5.92 Å². The summed E-state index contributed by atoms with van der Waals surface area (Å²) in [6.45, 7) is 3.24. The highest BCUT2D eigenvalue weighted by Crippen LogP contribution is 2.33. The van der Waals surface area contributed by atoms with E-state index in [0.717, 1.165) is 36.4 Å². The molecule has 0 saturated heterocycles. The molecule has 3 nitrogen and oxygen atoms in total. The molecule has 0 heterocycles. The maximum Gasteiger partial charge on any atom is 0.161 e. The van der Waals surface area contributed by atoms with Gasteiger partial charge in [-0.2, -0.15) is 0 Å². The molecule has 1 N–H and O–H groups in total. The lowest BCUT2D eigenvalue weighted by Gasteiger charge is -2.28. The fourth-order valence-corrected chi connectivity index (χ4v) is 3.13. The second-order valence-electron chi connectivity index (χ2n) is 6.65. The van der Waals surface area contributed by atoms with Crippen molar-refractivity contribution in [3.63, 3.8) is 0 Å². The van der Waals surface area contributed by atoms with E-state index in [1.165, 1.54) is 37.7 Å². The molecule has 2 aliphatic rings. The van der Waals surface area contributed by atoms with Crippen molar-refractivity contribution in [3.05, 3.63) is 23.8 Å². The standard InChI is InChI=1S/C18H27NO2/c1-13-4-3-5-16(10-13)21-17-9-6-14(11-18(17)20-2)12-19-15-7-8-15/h6,9,11,13,15-16,19H,3-5,7-8,10,12H2,1-2H3. The molecule has 0 bridgehead atoms. The van der Waals surface area contributed by atoms with E-state index in [4.69, 9.17) is 9.47 Å². The van der Waals surface area contributed by atoms with Crippen molar-refractivity contribution in [1.29, 1.82) is 0 Å². The molecule has 0 aromatic heterocycles. The SMILES string of the molecule is COc1cc(CNC2CC2)ccc1OC1CCCC(C)C1. The van der Waals surface area contributed by atoms with Gasteiger partial charge in [-0.25, -0.2) is 0 Å². The fourth-order valence-electron chi connectivity index (χ4n) is 3.13. The molecule has 2 fully saturated rings. The van der Waals surface area contributed by atoms with Gasteiger partial charge in [-0.3, -0.25) is 0 Å². The molecule has 116 valence electrons. The van der Waals surface area contributed by atoms with Crippen LogP contribution in [0.3, 0.4) is 0 Å². The Morgan fingerprint density at radius 1 is 1.14 bits per heavy atom. The first-order valence-electron chi connectivity index (χ1n) is 8.31. The van der Waals surface area contributed by atoms with Crippen LogP contribution in [0.5, 0.6) is 11.5 Å². The average Bonchev–Trinajstić information content (AvgIpc) is 3.30. The molecule has 3 heteroatoms. The zero-order valence-electron chi connectivity index (χ0n) is 13.2. The van der Waals surface area contributed by atoms with E-state index in [9.17, 15) is 0 Å². The summed E-state index contributed by atoms with van der Waals surface area (Å²) in [6, 6.07) is 7.06. The van der Waals surface area contributed by atoms with Gasteiger partial charge in [0.1, 0.15) is 0 Å². The first kappa shape index (κ1) is 14.7. The lowest BCUT2D eigenvalue weighted by atomic mass is 9.89. The van der Waals surface area contributed by atoms with Gasteiger partial charge >= 0.3 is 0 Å². The van der Waals surface area contributed by atoms with Crippen molar-refractivity contribution < 1.29 is 9.47 Å². The summed E-state index contributed by atoms with van der Waals surface area (Å²) in [5, 5.41) is 3.53. The number of ether oxygens (including phenoxy) is 2. The molecule has 0 amide bonds. The molecular formula is C18H27NO2. The molecule has 2 aliphatic carbocycles. The molecule has 0 spiro atoms. The van der Waals surface area contributed by atoms with Gasteiger partial charge in [-0.1, -0.05) is 19.4 Å². The monoisotopic (exact) mass is 289 g/mol. The molecule has 2 unspecified atom stereocenters. The summed E-state index contributed by atoms with van der Waals surface area (Å²) in [6.07, 6.45) is 7.92. The molecule has 2 atom stereocenters. The Balaban J connectivity index is 1.63. The molecule has 21 heavy (non-hydrogen) atoms. The average molecular weight is 289 g/mol. The van der Waals surface area contributed by atoms with E-state index < -0.39 is 0 Å². The molecule has 0 aliphatic heterocycles. The van der Waals surface area contributed by atoms with Crippen LogP contribution in [-0.2, 0) is 6.54 Å². The summed E-state index contributed by atoms with van der Waals surface area (Å²) in [4.78, 5) is 0. The van der Waals surface area contributed by atoms with E-state index in [1.54, 1.807) is 7.11 Å². The second-order valence-corrected chi connectivity index (χ2v) is 6.65. The smallest absolute Gasteiger partial charge is 0.161 e. The molecular weight excluding hydrogens is 262 g/mol. The number of methoxy groups -OCH3 is 1. The normalized spacial score (nSPS) is 25.6. The van der Waals surface area contributed by atoms with Crippen LogP contribution in [0.1, 0.15) is 51.0 Å². The first-order valence-corrected chi connectivity index (χ1v) is 8.31. The van der Waals surface area contributed by atoms with Crippen LogP contribution in [0.25, 0.3) is 0 Å². The fraction of sp³-hybridized carbons (Fsp3) is 0.667. The third kappa shape index (κ3) is 4.13. The largest absolute Gasteiger partial charge is 0.493 e. The van der Waals surface area contributed by atoms with Gasteiger partial charge in [0, 0.05) is 12.6 Å². The Bertz CT molecular complexity index is 470. The van der Waals surface area contributed by atoms with Crippen LogP contribution in [-0.4, -0.2) is 19.3 Å². The van der Waals surface area contributed by atoms with Crippen molar-refractivity contribution in [1.82, 2.24) is 5.32 Å². The molecule has 1 aromatic rings. The number of nitrogens with one attached hydrogen (secondary N) is 1. The molecule has 0 radical (unpaired) electrons. The Hall–Kier alpha value is -1.22. The van der Waals surface area contributed by atoms with Crippen LogP contribution in [0.15, 0.2) is 18.2 Å². The topological polar surface area (TPSA) is 30.5 Å². The van der Waals surface area contributed by atoms with Gasteiger partial charge in [0.05, 0.1) is 13.2 Å². The Morgan fingerprint density at radius 3 is 2.71 bits per heavy atom. The maximum absolute atomic E-state index is 6.20. The van der Waals surface area contributed by atoms with Gasteiger partial charge in [-0.15, -0.1) is 0 Å². The predicted molar refractivity (Wildman–Crippen MR) is 84.9 cm³/mol. The van der Waals surface area contributed by atoms with Crippen molar-refractivity contribution in [3.8, 4) is 11.5 Å². The number of hydrogen-bond acceptors (Lipinski definition) is 3. The highest BCUT2D eigenvalue weighted by Gasteiger charge is 2.22. The molecule has 3 rings (SSSR count). The first-order chi connectivity index (χ1) is 10.2. The van der Waals surface area contributed by atoms with Crippen LogP contribution >= 0.6 is 0 Å². The summed E-state index contributed by atoms with van der Waals surface area (Å²) in [5.74, 6) is 2.53. The van der Waals surface area contributed by atoms with E-state index >= 15 is 0 Å². The van der Waals surface area contributed by atoms with Crippen LogP contribution in [0.4, 0.5) is 0 Å². The highest BCUT2D eigenvalue weighted by molar-refractivity contribution is 5.43. The van der Waals surface area contributed by atoms with Crippen molar-refractivity contribution in [2.24, 2.45) is 5.92 Å². The second kappa shape index (κ2) is 6.69. The van der Waals surface area contributed by atoms with Gasteiger partial charge in [0.25, 0.3) is 0 Å². The maximum atomic E-state index is 6.20. The summed E-state index contributed by atoms with van der Waals surface area (Å²) in [7, 11) is 1.73. The van der Waals surface area contributed by atoms with E-state index in [0.29, 0.717) is 6.10 Å². The molecule has 1 aromatic carbocycles. The summed E-state index contributed by atoms with van der Waals surface area (Å²) < 4.78 is 11.7. The third-order valence-electron chi connectivity index (χ3n) is 4.58. The number of rotatable bonds is 6. The van der Waals surface area contributed by atoms with E-state index in [-0.39, 0.29) is 0 Å². The Kier molecular flexibility index (Phi) is 4.69. The van der Waals surface area contributed by atoms with Crippen molar-refractivity contribution in [2.45, 2.75) is 64.1 Å². The van der Waals surface area contributed by atoms with Gasteiger partial charge in [0.2, 0.25) is 0 Å². The van der Waals surface area contributed by atoms with Crippen LogP contribution in [0.2, 0.25) is 0 Å². The lowest BCUT2D eigenvalue weighted by molar-refractivity contribution is 0.125. The summed E-state index contributed by atoms with van der Waals surface area (Å²) >= 11 is 0. The summed E-state index contributed by atoms with van der Waals surface area (Å²) in [5.41, 5.74) is 1.27. The van der Waals surface area contributed by atoms with Crippen molar-refractivity contribution in [2.75, 3.05) is 7.11 Å².